The third kappa shape index (κ3) is 4.92. The Hall–Kier alpha value is -4.45. The summed E-state index contributed by atoms with van der Waals surface area (Å²) in [7, 11) is -3.97. The average molecular weight is 496 g/mol. The van der Waals surface area contributed by atoms with E-state index in [1.54, 1.807) is 18.2 Å². The Morgan fingerprint density at radius 3 is 2.49 bits per heavy atom. The van der Waals surface area contributed by atoms with Gasteiger partial charge in [0, 0.05) is 16.8 Å². The number of hydrogen-bond donors (Lipinski definition) is 2. The fourth-order valence-corrected chi connectivity index (χ4v) is 4.34. The van der Waals surface area contributed by atoms with Crippen LogP contribution in [-0.2, 0) is 10.0 Å². The number of anilines is 2. The van der Waals surface area contributed by atoms with Gasteiger partial charge in [0.1, 0.15) is 19.0 Å². The molecule has 0 saturated heterocycles. The zero-order chi connectivity index (χ0) is 24.4. The van der Waals surface area contributed by atoms with Crippen molar-refractivity contribution in [3.63, 3.8) is 0 Å². The van der Waals surface area contributed by atoms with Crippen molar-refractivity contribution in [1.82, 2.24) is 10.2 Å². The summed E-state index contributed by atoms with van der Waals surface area (Å²) < 4.78 is 57.1. The largest absolute Gasteiger partial charge is 0.486 e. The zero-order valence-corrected chi connectivity index (χ0v) is 18.7. The molecule has 2 N–H and O–H groups in total. The van der Waals surface area contributed by atoms with Crippen molar-refractivity contribution < 1.29 is 31.5 Å². The summed E-state index contributed by atoms with van der Waals surface area (Å²) in [6.45, 7) is 0.901. The highest BCUT2D eigenvalue weighted by Crippen LogP contribution is 2.34. The molecule has 0 bridgehead atoms. The fraction of sp³-hybridized carbons (Fsp3) is 0.0870. The summed E-state index contributed by atoms with van der Waals surface area (Å²) in [5.74, 6) is 0.185. The predicted molar refractivity (Wildman–Crippen MR) is 122 cm³/mol. The molecule has 10 nitrogen and oxygen atoms in total. The van der Waals surface area contributed by atoms with Crippen molar-refractivity contribution in [2.75, 3.05) is 23.3 Å². The van der Waals surface area contributed by atoms with Gasteiger partial charge in [-0.2, -0.15) is 0 Å². The highest BCUT2D eigenvalue weighted by molar-refractivity contribution is 7.92. The molecule has 178 valence electrons. The zero-order valence-electron chi connectivity index (χ0n) is 17.9. The molecule has 3 aromatic carbocycles. The van der Waals surface area contributed by atoms with Gasteiger partial charge in [0.25, 0.3) is 15.9 Å². The number of benzene rings is 3. The molecule has 4 aromatic rings. The Kier molecular flexibility index (Phi) is 5.79. The predicted octanol–water partition coefficient (Wildman–Crippen LogP) is 3.70. The van der Waals surface area contributed by atoms with Crippen molar-refractivity contribution in [2.45, 2.75) is 4.90 Å². The molecule has 0 radical (unpaired) electrons. The van der Waals surface area contributed by atoms with E-state index in [-0.39, 0.29) is 28.1 Å². The molecular formula is C23H17FN4O6S. The van der Waals surface area contributed by atoms with Crippen molar-refractivity contribution in [1.29, 1.82) is 0 Å². The lowest BCUT2D eigenvalue weighted by molar-refractivity contribution is 0.102. The minimum absolute atomic E-state index is 0.119. The minimum atomic E-state index is -3.97. The third-order valence-corrected chi connectivity index (χ3v) is 6.33. The number of nitrogens with one attached hydrogen (secondary N) is 2. The maximum atomic E-state index is 13.1. The molecular weight excluding hydrogens is 479 g/mol. The Balaban J connectivity index is 1.29. The maximum absolute atomic E-state index is 13.1. The van der Waals surface area contributed by atoms with Crippen LogP contribution in [0.4, 0.5) is 16.1 Å². The molecule has 0 spiro atoms. The first kappa shape index (κ1) is 22.3. The van der Waals surface area contributed by atoms with E-state index in [2.05, 4.69) is 20.2 Å². The Morgan fingerprint density at radius 2 is 1.69 bits per heavy atom. The smallest absolute Gasteiger partial charge is 0.322 e. The molecule has 35 heavy (non-hydrogen) atoms. The van der Waals surface area contributed by atoms with Crippen LogP contribution >= 0.6 is 0 Å². The van der Waals surface area contributed by atoms with Gasteiger partial charge >= 0.3 is 6.01 Å². The van der Waals surface area contributed by atoms with E-state index in [9.17, 15) is 17.6 Å². The summed E-state index contributed by atoms with van der Waals surface area (Å²) in [5, 5.41) is 10.3. The number of carbonyl (C=O) groups is 1. The second kappa shape index (κ2) is 9.06. The molecule has 2 heterocycles. The van der Waals surface area contributed by atoms with Gasteiger partial charge in [0.15, 0.2) is 11.5 Å². The Morgan fingerprint density at radius 1 is 0.914 bits per heavy atom. The Labute approximate surface area is 198 Å². The molecule has 0 saturated carbocycles. The maximum Gasteiger partial charge on any atom is 0.322 e. The molecule has 1 aromatic heterocycles. The summed E-state index contributed by atoms with van der Waals surface area (Å²) >= 11 is 0. The number of hydrogen-bond acceptors (Lipinski definition) is 8. The van der Waals surface area contributed by atoms with E-state index in [1.165, 1.54) is 24.3 Å². The first-order valence-corrected chi connectivity index (χ1v) is 11.8. The number of fused-ring (bicyclic) bond motifs is 1. The van der Waals surface area contributed by atoms with Gasteiger partial charge in [-0.15, -0.1) is 5.10 Å². The normalized spacial score (nSPS) is 12.7. The molecule has 1 amide bonds. The number of halogens is 1. The summed E-state index contributed by atoms with van der Waals surface area (Å²) in [5.41, 5.74) is 0.868. The quantitative estimate of drug-likeness (QED) is 0.413. The SMILES string of the molecule is O=C(Nc1nnc(-c2ccc3c(c2)OCCO3)o1)c1cccc(NS(=O)(=O)c2ccc(F)cc2)c1. The van der Waals surface area contributed by atoms with Gasteiger partial charge in [-0.1, -0.05) is 11.2 Å². The highest BCUT2D eigenvalue weighted by atomic mass is 32.2. The lowest BCUT2D eigenvalue weighted by atomic mass is 10.2. The van der Waals surface area contributed by atoms with Crippen LogP contribution in [0, 0.1) is 5.82 Å². The van der Waals surface area contributed by atoms with E-state index >= 15 is 0 Å². The van der Waals surface area contributed by atoms with Crippen LogP contribution in [0.1, 0.15) is 10.4 Å². The molecule has 12 heteroatoms. The topological polar surface area (TPSA) is 133 Å². The standard InChI is InChI=1S/C23H17FN4O6S/c24-16-5-7-18(8-6-16)35(30,31)28-17-3-1-2-14(12-17)21(29)25-23-27-26-22(34-23)15-4-9-19-20(13-15)33-11-10-32-19/h1-9,12-13,28H,10-11H2,(H,25,27,29). The minimum Gasteiger partial charge on any atom is -0.486 e. The summed E-state index contributed by atoms with van der Waals surface area (Å²) in [4.78, 5) is 12.6. The fourth-order valence-electron chi connectivity index (χ4n) is 3.29. The molecule has 0 fully saturated rings. The number of rotatable bonds is 6. The van der Waals surface area contributed by atoms with Gasteiger partial charge in [0.2, 0.25) is 5.89 Å². The molecule has 5 rings (SSSR count). The van der Waals surface area contributed by atoms with E-state index in [1.807, 2.05) is 0 Å². The second-order valence-electron chi connectivity index (χ2n) is 7.37. The molecule has 1 aliphatic rings. The van der Waals surface area contributed by atoms with Crippen molar-refractivity contribution in [2.24, 2.45) is 0 Å². The van der Waals surface area contributed by atoms with Crippen LogP contribution in [0.15, 0.2) is 76.0 Å². The van der Waals surface area contributed by atoms with Crippen molar-refractivity contribution in [3.05, 3.63) is 78.1 Å². The number of ether oxygens (including phenoxy) is 2. The molecule has 1 aliphatic heterocycles. The molecule has 0 unspecified atom stereocenters. The number of sulfonamides is 1. The van der Waals surface area contributed by atoms with Crippen LogP contribution in [0.2, 0.25) is 0 Å². The van der Waals surface area contributed by atoms with Crippen LogP contribution < -0.4 is 19.5 Å². The lowest BCUT2D eigenvalue weighted by Crippen LogP contribution is -2.15. The van der Waals surface area contributed by atoms with Crippen molar-refractivity contribution in [3.8, 4) is 23.0 Å². The van der Waals surface area contributed by atoms with Gasteiger partial charge in [-0.3, -0.25) is 14.8 Å². The van der Waals surface area contributed by atoms with Gasteiger partial charge in [0.05, 0.1) is 4.90 Å². The van der Waals surface area contributed by atoms with Crippen LogP contribution in [0.25, 0.3) is 11.5 Å². The van der Waals surface area contributed by atoms with Gasteiger partial charge < -0.3 is 13.9 Å². The first-order chi connectivity index (χ1) is 16.9. The first-order valence-electron chi connectivity index (χ1n) is 10.3. The van der Waals surface area contributed by atoms with Crippen LogP contribution in [0.5, 0.6) is 11.5 Å². The van der Waals surface area contributed by atoms with E-state index < -0.39 is 21.7 Å². The second-order valence-corrected chi connectivity index (χ2v) is 9.05. The van der Waals surface area contributed by atoms with E-state index in [0.717, 1.165) is 24.3 Å². The van der Waals surface area contributed by atoms with E-state index in [0.29, 0.717) is 30.3 Å². The number of nitrogens with zero attached hydrogens (tertiary/aromatic N) is 2. The molecule has 0 aliphatic carbocycles. The van der Waals surface area contributed by atoms with E-state index in [4.69, 9.17) is 13.9 Å². The van der Waals surface area contributed by atoms with Crippen LogP contribution in [0.3, 0.4) is 0 Å². The highest BCUT2D eigenvalue weighted by Gasteiger charge is 2.18. The average Bonchev–Trinajstić information content (AvgIpc) is 3.32. The summed E-state index contributed by atoms with van der Waals surface area (Å²) in [6.07, 6.45) is 0. The van der Waals surface area contributed by atoms with Crippen LogP contribution in [-0.4, -0.2) is 37.7 Å². The lowest BCUT2D eigenvalue weighted by Gasteiger charge is -2.18. The Bertz CT molecular complexity index is 1500. The van der Waals surface area contributed by atoms with Crippen molar-refractivity contribution >= 4 is 27.6 Å². The number of carbonyl (C=O) groups excluding carboxylic acids is 1. The third-order valence-electron chi connectivity index (χ3n) is 4.94. The summed E-state index contributed by atoms with van der Waals surface area (Å²) in [6, 6.07) is 15.2. The number of aromatic nitrogens is 2. The monoisotopic (exact) mass is 496 g/mol. The van der Waals surface area contributed by atoms with Gasteiger partial charge in [-0.05, 0) is 60.7 Å². The molecule has 0 atom stereocenters. The van der Waals surface area contributed by atoms with Gasteiger partial charge in [-0.25, -0.2) is 12.8 Å². The number of amides is 1.